The van der Waals surface area contributed by atoms with E-state index in [2.05, 4.69) is 10.6 Å². The summed E-state index contributed by atoms with van der Waals surface area (Å²) in [4.78, 5) is 35.3. The first-order valence-electron chi connectivity index (χ1n) is 7.79. The summed E-state index contributed by atoms with van der Waals surface area (Å²) in [6.45, 7) is -0.502. The van der Waals surface area contributed by atoms with Gasteiger partial charge in [-0.2, -0.15) is 0 Å². The van der Waals surface area contributed by atoms with Gasteiger partial charge in [-0.05, 0) is 36.4 Å². The Morgan fingerprint density at radius 1 is 0.852 bits per heavy atom. The zero-order chi connectivity index (χ0) is 19.8. The summed E-state index contributed by atoms with van der Waals surface area (Å²) < 4.78 is 4.84. The third kappa shape index (κ3) is 7.46. The van der Waals surface area contributed by atoms with Gasteiger partial charge in [0.1, 0.15) is 0 Å². The van der Waals surface area contributed by atoms with Crippen LogP contribution in [0.1, 0.15) is 12.8 Å². The highest BCUT2D eigenvalue weighted by atomic mass is 35.5. The van der Waals surface area contributed by atoms with Crippen LogP contribution in [0.25, 0.3) is 0 Å². The molecule has 142 valence electrons. The Hall–Kier alpha value is -2.28. The van der Waals surface area contributed by atoms with Gasteiger partial charge in [0.2, 0.25) is 5.91 Å². The van der Waals surface area contributed by atoms with E-state index in [1.54, 1.807) is 30.3 Å². The summed E-state index contributed by atoms with van der Waals surface area (Å²) >= 11 is 17.6. The van der Waals surface area contributed by atoms with Crippen molar-refractivity contribution in [2.75, 3.05) is 17.2 Å². The number of rotatable bonds is 7. The highest BCUT2D eigenvalue weighted by molar-refractivity contribution is 6.35. The topological polar surface area (TPSA) is 84.5 Å². The van der Waals surface area contributed by atoms with E-state index in [0.29, 0.717) is 26.4 Å². The Bertz CT molecular complexity index is 858. The number of amides is 2. The minimum atomic E-state index is -0.677. The SMILES string of the molecule is O=C(CCC(=O)OCC(=O)Nc1cc(Cl)ccc1Cl)Nc1cccc(Cl)c1. The van der Waals surface area contributed by atoms with Crippen molar-refractivity contribution in [3.63, 3.8) is 0 Å². The lowest BCUT2D eigenvalue weighted by molar-refractivity contribution is -0.147. The third-order valence-electron chi connectivity index (χ3n) is 3.23. The summed E-state index contributed by atoms with van der Waals surface area (Å²) in [5.74, 6) is -1.62. The second-order valence-corrected chi connectivity index (χ2v) is 6.67. The summed E-state index contributed by atoms with van der Waals surface area (Å²) in [5, 5.41) is 6.28. The van der Waals surface area contributed by atoms with Gasteiger partial charge in [-0.1, -0.05) is 40.9 Å². The molecule has 0 aromatic heterocycles. The van der Waals surface area contributed by atoms with Gasteiger partial charge < -0.3 is 15.4 Å². The van der Waals surface area contributed by atoms with Crippen LogP contribution in [0.4, 0.5) is 11.4 Å². The average Bonchev–Trinajstić information content (AvgIpc) is 2.61. The maximum absolute atomic E-state index is 11.8. The molecule has 0 unspecified atom stereocenters. The van der Waals surface area contributed by atoms with E-state index in [9.17, 15) is 14.4 Å². The van der Waals surface area contributed by atoms with Crippen LogP contribution in [-0.2, 0) is 19.1 Å². The van der Waals surface area contributed by atoms with Gasteiger partial charge in [0.25, 0.3) is 5.91 Å². The van der Waals surface area contributed by atoms with Gasteiger partial charge >= 0.3 is 5.97 Å². The first-order valence-corrected chi connectivity index (χ1v) is 8.93. The molecule has 0 radical (unpaired) electrons. The zero-order valence-corrected chi connectivity index (χ0v) is 16.2. The number of halogens is 3. The fourth-order valence-corrected chi connectivity index (χ4v) is 2.53. The van der Waals surface area contributed by atoms with E-state index in [4.69, 9.17) is 39.5 Å². The quantitative estimate of drug-likeness (QED) is 0.633. The fourth-order valence-electron chi connectivity index (χ4n) is 2.00. The Morgan fingerprint density at radius 2 is 1.59 bits per heavy atom. The summed E-state index contributed by atoms with van der Waals surface area (Å²) in [5.41, 5.74) is 0.838. The Kier molecular flexibility index (Phi) is 7.91. The average molecular weight is 430 g/mol. The van der Waals surface area contributed by atoms with Crippen molar-refractivity contribution in [3.8, 4) is 0 Å². The standard InChI is InChI=1S/C18H15Cl3N2O4/c19-11-2-1-3-13(8-11)22-16(24)6-7-18(26)27-10-17(25)23-15-9-12(20)4-5-14(15)21/h1-5,8-9H,6-7,10H2,(H,22,24)(H,23,25). The highest BCUT2D eigenvalue weighted by Gasteiger charge is 2.12. The molecular weight excluding hydrogens is 415 g/mol. The molecule has 2 rings (SSSR count). The number of hydrogen-bond acceptors (Lipinski definition) is 4. The van der Waals surface area contributed by atoms with Crippen molar-refractivity contribution in [2.24, 2.45) is 0 Å². The summed E-state index contributed by atoms with van der Waals surface area (Å²) in [6, 6.07) is 11.2. The number of benzene rings is 2. The Balaban J connectivity index is 1.71. The van der Waals surface area contributed by atoms with Crippen LogP contribution >= 0.6 is 34.8 Å². The summed E-state index contributed by atoms with van der Waals surface area (Å²) in [6.07, 6.45) is -0.259. The molecule has 0 aliphatic heterocycles. The molecule has 2 N–H and O–H groups in total. The van der Waals surface area contributed by atoms with Gasteiger partial charge in [-0.15, -0.1) is 0 Å². The van der Waals surface area contributed by atoms with E-state index in [-0.39, 0.29) is 18.7 Å². The van der Waals surface area contributed by atoms with Crippen molar-refractivity contribution in [1.29, 1.82) is 0 Å². The first-order chi connectivity index (χ1) is 12.8. The van der Waals surface area contributed by atoms with E-state index >= 15 is 0 Å². The lowest BCUT2D eigenvalue weighted by Crippen LogP contribution is -2.22. The molecule has 0 heterocycles. The molecule has 0 bridgehead atoms. The number of esters is 1. The van der Waals surface area contributed by atoms with Crippen molar-refractivity contribution in [2.45, 2.75) is 12.8 Å². The zero-order valence-electron chi connectivity index (χ0n) is 13.9. The summed E-state index contributed by atoms with van der Waals surface area (Å²) in [7, 11) is 0. The molecular formula is C18H15Cl3N2O4. The number of anilines is 2. The molecule has 0 atom stereocenters. The van der Waals surface area contributed by atoms with Crippen LogP contribution in [0.3, 0.4) is 0 Å². The molecule has 9 heteroatoms. The van der Waals surface area contributed by atoms with Crippen LogP contribution in [0.2, 0.25) is 15.1 Å². The molecule has 2 aromatic rings. The first kappa shape index (κ1) is 21.0. The number of ether oxygens (including phenoxy) is 1. The van der Waals surface area contributed by atoms with Gasteiger partial charge in [0, 0.05) is 22.2 Å². The monoisotopic (exact) mass is 428 g/mol. The largest absolute Gasteiger partial charge is 0.456 e. The van der Waals surface area contributed by atoms with Gasteiger partial charge in [0.05, 0.1) is 17.1 Å². The van der Waals surface area contributed by atoms with Crippen molar-refractivity contribution < 1.29 is 19.1 Å². The number of carbonyl (C=O) groups excluding carboxylic acids is 3. The van der Waals surface area contributed by atoms with Gasteiger partial charge in [0.15, 0.2) is 6.61 Å². The molecule has 27 heavy (non-hydrogen) atoms. The minimum absolute atomic E-state index is 0.0902. The molecule has 0 aliphatic rings. The molecule has 0 aliphatic carbocycles. The van der Waals surface area contributed by atoms with Crippen molar-refractivity contribution in [3.05, 3.63) is 57.5 Å². The molecule has 0 spiro atoms. The highest BCUT2D eigenvalue weighted by Crippen LogP contribution is 2.25. The predicted molar refractivity (Wildman–Crippen MR) is 105 cm³/mol. The van der Waals surface area contributed by atoms with Crippen LogP contribution < -0.4 is 10.6 Å². The molecule has 6 nitrogen and oxygen atoms in total. The molecule has 0 saturated carbocycles. The van der Waals surface area contributed by atoms with Gasteiger partial charge in [-0.25, -0.2) is 0 Å². The number of nitrogens with one attached hydrogen (secondary N) is 2. The smallest absolute Gasteiger partial charge is 0.306 e. The number of carbonyl (C=O) groups is 3. The second-order valence-electron chi connectivity index (χ2n) is 5.39. The normalized spacial score (nSPS) is 10.2. The Labute approximate surface area is 170 Å². The molecule has 2 aromatic carbocycles. The Morgan fingerprint density at radius 3 is 2.33 bits per heavy atom. The van der Waals surface area contributed by atoms with E-state index < -0.39 is 18.5 Å². The van der Waals surface area contributed by atoms with Crippen LogP contribution in [0.15, 0.2) is 42.5 Å². The van der Waals surface area contributed by atoms with Crippen LogP contribution in [0, 0.1) is 0 Å². The second kappa shape index (κ2) is 10.2. The molecule has 0 fully saturated rings. The number of hydrogen-bond donors (Lipinski definition) is 2. The van der Waals surface area contributed by atoms with Gasteiger partial charge in [-0.3, -0.25) is 14.4 Å². The predicted octanol–water partition coefficient (Wildman–Crippen LogP) is 4.55. The maximum Gasteiger partial charge on any atom is 0.306 e. The molecule has 0 saturated heterocycles. The lowest BCUT2D eigenvalue weighted by Gasteiger charge is -2.09. The van der Waals surface area contributed by atoms with E-state index in [1.165, 1.54) is 12.1 Å². The minimum Gasteiger partial charge on any atom is -0.456 e. The third-order valence-corrected chi connectivity index (χ3v) is 4.03. The maximum atomic E-state index is 11.8. The van der Waals surface area contributed by atoms with E-state index in [0.717, 1.165) is 0 Å². The molecule has 2 amide bonds. The van der Waals surface area contributed by atoms with Crippen LogP contribution in [-0.4, -0.2) is 24.4 Å². The van der Waals surface area contributed by atoms with E-state index in [1.807, 2.05) is 0 Å². The van der Waals surface area contributed by atoms with Crippen molar-refractivity contribution >= 4 is 64.0 Å². The lowest BCUT2D eigenvalue weighted by atomic mass is 10.2. The fraction of sp³-hybridized carbons (Fsp3) is 0.167. The van der Waals surface area contributed by atoms with Crippen LogP contribution in [0.5, 0.6) is 0 Å². The van der Waals surface area contributed by atoms with Crippen molar-refractivity contribution in [1.82, 2.24) is 0 Å².